The third kappa shape index (κ3) is 2.63. The molecule has 3 N–H and O–H groups in total. The van der Waals surface area contributed by atoms with Gasteiger partial charge in [0.25, 0.3) is 0 Å². The minimum Gasteiger partial charge on any atom is -0.382 e. The number of fused-ring (bicyclic) bond motifs is 4. The van der Waals surface area contributed by atoms with Crippen LogP contribution < -0.4 is 21.2 Å². The standard InChI is InChI=1S/C21H22N4/c1-2-8-18-16(7-1)17-11-15(23-13-20(17)25-18)12-24-19-9-3-5-14-6-4-10-22-21(14)19/h1-2,4,6-8,10-11,13,15,19,23-25H,3,5,9,12H2. The number of rotatable bonds is 3. The summed E-state index contributed by atoms with van der Waals surface area (Å²) in [7, 11) is 0. The van der Waals surface area contributed by atoms with Crippen LogP contribution >= 0.6 is 0 Å². The van der Waals surface area contributed by atoms with Crippen LogP contribution in [0.5, 0.6) is 0 Å². The number of pyridine rings is 1. The molecule has 2 aliphatic rings. The highest BCUT2D eigenvalue weighted by molar-refractivity contribution is 5.81. The Labute approximate surface area is 146 Å². The zero-order valence-corrected chi connectivity index (χ0v) is 14.1. The molecule has 0 fully saturated rings. The van der Waals surface area contributed by atoms with Crippen molar-refractivity contribution < 1.29 is 0 Å². The van der Waals surface area contributed by atoms with Crippen molar-refractivity contribution in [3.8, 4) is 0 Å². The molecule has 0 saturated heterocycles. The van der Waals surface area contributed by atoms with Crippen LogP contribution in [0.1, 0.15) is 30.1 Å². The lowest BCUT2D eigenvalue weighted by atomic mass is 9.92. The number of nitrogens with one attached hydrogen (secondary N) is 3. The van der Waals surface area contributed by atoms with Crippen LogP contribution in [0.4, 0.5) is 0 Å². The first kappa shape index (κ1) is 14.7. The van der Waals surface area contributed by atoms with Crippen LogP contribution in [0.15, 0.2) is 42.6 Å². The molecule has 3 aromatic rings. The fraction of sp³-hybridized carbons (Fsp3) is 0.286. The lowest BCUT2D eigenvalue weighted by Gasteiger charge is -2.27. The Kier molecular flexibility index (Phi) is 3.56. The van der Waals surface area contributed by atoms with Gasteiger partial charge in [0.05, 0.1) is 17.1 Å². The SMILES string of the molecule is C1=c2[nH]c3ccccc3c2=CC(CNC2CCCc3cccnc32)N1. The van der Waals surface area contributed by atoms with Gasteiger partial charge in [0, 0.05) is 41.1 Å². The predicted octanol–water partition coefficient (Wildman–Crippen LogP) is 1.72. The lowest BCUT2D eigenvalue weighted by Crippen LogP contribution is -2.44. The molecule has 4 heteroatoms. The van der Waals surface area contributed by atoms with E-state index < -0.39 is 0 Å². The summed E-state index contributed by atoms with van der Waals surface area (Å²) in [5, 5.41) is 11.0. The summed E-state index contributed by atoms with van der Waals surface area (Å²) in [6.45, 7) is 0.899. The van der Waals surface area contributed by atoms with Crippen molar-refractivity contribution >= 4 is 23.2 Å². The van der Waals surface area contributed by atoms with Gasteiger partial charge in [0.2, 0.25) is 0 Å². The molecule has 3 heterocycles. The van der Waals surface area contributed by atoms with Crippen LogP contribution in [-0.4, -0.2) is 22.6 Å². The van der Waals surface area contributed by atoms with E-state index in [2.05, 4.69) is 63.2 Å². The first-order valence-corrected chi connectivity index (χ1v) is 9.10. The molecule has 2 unspecified atom stereocenters. The third-order valence-corrected chi connectivity index (χ3v) is 5.37. The zero-order chi connectivity index (χ0) is 16.6. The van der Waals surface area contributed by atoms with Crippen molar-refractivity contribution in [2.45, 2.75) is 31.3 Å². The maximum atomic E-state index is 4.63. The number of aromatic nitrogens is 2. The first-order valence-electron chi connectivity index (χ1n) is 9.10. The van der Waals surface area contributed by atoms with Gasteiger partial charge in [-0.2, -0.15) is 0 Å². The number of hydrogen-bond donors (Lipinski definition) is 3. The maximum Gasteiger partial charge on any atom is 0.0622 e. The average Bonchev–Trinajstić information content (AvgIpc) is 3.04. The van der Waals surface area contributed by atoms with E-state index >= 15 is 0 Å². The second-order valence-electron chi connectivity index (χ2n) is 6.98. The fourth-order valence-corrected chi connectivity index (χ4v) is 4.11. The number of benzene rings is 1. The highest BCUT2D eigenvalue weighted by Gasteiger charge is 2.21. The minimum atomic E-state index is 0.292. The van der Waals surface area contributed by atoms with E-state index in [9.17, 15) is 0 Å². The molecule has 0 bridgehead atoms. The number of aromatic amines is 1. The van der Waals surface area contributed by atoms with Gasteiger partial charge in [0.1, 0.15) is 0 Å². The summed E-state index contributed by atoms with van der Waals surface area (Å²) in [4.78, 5) is 8.10. The first-order chi connectivity index (χ1) is 12.4. The largest absolute Gasteiger partial charge is 0.382 e. The topological polar surface area (TPSA) is 52.7 Å². The Morgan fingerprint density at radius 2 is 2.12 bits per heavy atom. The van der Waals surface area contributed by atoms with Crippen molar-refractivity contribution in [1.82, 2.24) is 20.6 Å². The molecule has 1 aromatic carbocycles. The van der Waals surface area contributed by atoms with E-state index in [1.54, 1.807) is 0 Å². The van der Waals surface area contributed by atoms with Crippen LogP contribution in [0.3, 0.4) is 0 Å². The van der Waals surface area contributed by atoms with Gasteiger partial charge in [-0.1, -0.05) is 30.3 Å². The van der Waals surface area contributed by atoms with Gasteiger partial charge < -0.3 is 15.6 Å². The minimum absolute atomic E-state index is 0.292. The van der Waals surface area contributed by atoms with Crippen molar-refractivity contribution in [3.05, 3.63) is 64.4 Å². The molecule has 126 valence electrons. The number of H-pyrrole nitrogens is 1. The van der Waals surface area contributed by atoms with Gasteiger partial charge in [-0.25, -0.2) is 0 Å². The molecular formula is C21H22N4. The van der Waals surface area contributed by atoms with E-state index in [1.807, 2.05) is 12.3 Å². The molecule has 1 aliphatic heterocycles. The molecule has 2 atom stereocenters. The van der Waals surface area contributed by atoms with E-state index in [1.165, 1.54) is 45.6 Å². The van der Waals surface area contributed by atoms with E-state index in [4.69, 9.17) is 0 Å². The molecule has 5 rings (SSSR count). The van der Waals surface area contributed by atoms with Gasteiger partial charge >= 0.3 is 0 Å². The van der Waals surface area contributed by atoms with E-state index in [0.717, 1.165) is 13.0 Å². The van der Waals surface area contributed by atoms with Gasteiger partial charge in [-0.05, 0) is 37.0 Å². The number of nitrogens with zero attached hydrogens (tertiary/aromatic N) is 1. The van der Waals surface area contributed by atoms with E-state index in [0.29, 0.717) is 12.1 Å². The Hall–Kier alpha value is -2.59. The molecule has 25 heavy (non-hydrogen) atoms. The third-order valence-electron chi connectivity index (χ3n) is 5.37. The number of aryl methyl sites for hydroxylation is 1. The molecule has 0 radical (unpaired) electrons. The number of para-hydroxylation sites is 1. The lowest BCUT2D eigenvalue weighted by molar-refractivity contribution is 0.439. The average molecular weight is 330 g/mol. The van der Waals surface area contributed by atoms with Gasteiger partial charge in [0.15, 0.2) is 0 Å². The Morgan fingerprint density at radius 1 is 1.16 bits per heavy atom. The molecule has 0 amide bonds. The van der Waals surface area contributed by atoms with Crippen LogP contribution in [0.25, 0.3) is 23.2 Å². The molecule has 2 aromatic heterocycles. The summed E-state index contributed by atoms with van der Waals surface area (Å²) in [6, 6.07) is 13.4. The second-order valence-corrected chi connectivity index (χ2v) is 6.98. The second kappa shape index (κ2) is 6.05. The molecule has 0 spiro atoms. The van der Waals surface area contributed by atoms with Gasteiger partial charge in [-0.3, -0.25) is 4.98 Å². The van der Waals surface area contributed by atoms with Gasteiger partial charge in [-0.15, -0.1) is 0 Å². The predicted molar refractivity (Wildman–Crippen MR) is 101 cm³/mol. The highest BCUT2D eigenvalue weighted by atomic mass is 15.0. The number of hydrogen-bond acceptors (Lipinski definition) is 3. The summed E-state index contributed by atoms with van der Waals surface area (Å²) < 4.78 is 0. The van der Waals surface area contributed by atoms with Crippen molar-refractivity contribution in [2.75, 3.05) is 6.54 Å². The summed E-state index contributed by atoms with van der Waals surface area (Å²) >= 11 is 0. The van der Waals surface area contributed by atoms with Crippen LogP contribution in [-0.2, 0) is 6.42 Å². The van der Waals surface area contributed by atoms with Crippen molar-refractivity contribution in [1.29, 1.82) is 0 Å². The Balaban J connectivity index is 1.38. The summed E-state index contributed by atoms with van der Waals surface area (Å²) in [6.07, 6.45) is 9.91. The quantitative estimate of drug-likeness (QED) is 0.685. The Morgan fingerprint density at radius 3 is 3.12 bits per heavy atom. The normalized spacial score (nSPS) is 21.6. The zero-order valence-electron chi connectivity index (χ0n) is 14.1. The summed E-state index contributed by atoms with van der Waals surface area (Å²) in [5.41, 5.74) is 3.83. The van der Waals surface area contributed by atoms with Crippen LogP contribution in [0, 0.1) is 0 Å². The molecular weight excluding hydrogens is 308 g/mol. The van der Waals surface area contributed by atoms with Crippen molar-refractivity contribution in [3.63, 3.8) is 0 Å². The highest BCUT2D eigenvalue weighted by Crippen LogP contribution is 2.27. The van der Waals surface area contributed by atoms with Crippen LogP contribution in [0.2, 0.25) is 0 Å². The monoisotopic (exact) mass is 330 g/mol. The summed E-state index contributed by atoms with van der Waals surface area (Å²) in [5.74, 6) is 0. The van der Waals surface area contributed by atoms with E-state index in [-0.39, 0.29) is 0 Å². The molecule has 1 aliphatic carbocycles. The smallest absolute Gasteiger partial charge is 0.0622 e. The molecule has 4 nitrogen and oxygen atoms in total. The van der Waals surface area contributed by atoms with Crippen molar-refractivity contribution in [2.24, 2.45) is 0 Å². The molecule has 0 saturated carbocycles. The fourth-order valence-electron chi connectivity index (χ4n) is 4.11. The Bertz CT molecular complexity index is 1030. The maximum absolute atomic E-state index is 4.63.